The zero-order valence-electron chi connectivity index (χ0n) is 18.6. The van der Waals surface area contributed by atoms with Crippen LogP contribution in [0.2, 0.25) is 0 Å². The lowest BCUT2D eigenvalue weighted by molar-refractivity contribution is -0.130. The molecule has 2 atom stereocenters. The van der Waals surface area contributed by atoms with E-state index in [4.69, 9.17) is 0 Å². The number of hydrogen-bond donors (Lipinski definition) is 0. The second-order valence-electron chi connectivity index (χ2n) is 8.68. The second kappa shape index (κ2) is 9.22. The van der Waals surface area contributed by atoms with Crippen molar-refractivity contribution < 1.29 is 4.79 Å². The number of carbonyl (C=O) groups is 1. The summed E-state index contributed by atoms with van der Waals surface area (Å²) in [5, 5.41) is 9.60. The molecule has 162 valence electrons. The molecule has 3 aromatic rings. The van der Waals surface area contributed by atoms with Crippen LogP contribution < -0.4 is 0 Å². The fourth-order valence-corrected chi connectivity index (χ4v) is 5.23. The molecule has 1 saturated heterocycles. The molecule has 1 amide bonds. The van der Waals surface area contributed by atoms with Crippen molar-refractivity contribution in [1.82, 2.24) is 24.6 Å². The largest absolute Gasteiger partial charge is 0.341 e. The first kappa shape index (κ1) is 21.6. The fraction of sp³-hybridized carbons (Fsp3) is 0.417. The Morgan fingerprint density at radius 3 is 2.55 bits per heavy atom. The summed E-state index contributed by atoms with van der Waals surface area (Å²) in [5.41, 5.74) is 4.09. The number of amides is 1. The van der Waals surface area contributed by atoms with Crippen molar-refractivity contribution in [2.24, 2.45) is 11.8 Å². The molecule has 0 N–H and O–H groups in total. The highest BCUT2D eigenvalue weighted by Gasteiger charge is 2.26. The van der Waals surface area contributed by atoms with Crippen LogP contribution in [0.1, 0.15) is 31.4 Å². The molecule has 6 nitrogen and oxygen atoms in total. The molecule has 2 aromatic heterocycles. The fourth-order valence-electron chi connectivity index (χ4n) is 4.38. The number of piperidine rings is 1. The Kier molecular flexibility index (Phi) is 6.41. The number of likely N-dealkylation sites (tertiary alicyclic amines) is 1. The number of aryl methyl sites for hydroxylation is 2. The van der Waals surface area contributed by atoms with Crippen molar-refractivity contribution in [3.63, 3.8) is 0 Å². The zero-order chi connectivity index (χ0) is 22.0. The van der Waals surface area contributed by atoms with Gasteiger partial charge < -0.3 is 4.90 Å². The number of aromatic nitrogens is 4. The van der Waals surface area contributed by atoms with Crippen LogP contribution in [-0.4, -0.2) is 49.4 Å². The van der Waals surface area contributed by atoms with Gasteiger partial charge in [-0.15, -0.1) is 10.2 Å². The third kappa shape index (κ3) is 4.82. The standard InChI is InChI=1S/C24H29N5OS/c1-16-8-9-21(19(4)12-16)29-23(20-7-5-6-10-25-20)26-27-24(29)31-15-22(30)28-13-17(2)11-18(3)14-28/h5-10,12,17-18H,11,13-15H2,1-4H3. The van der Waals surface area contributed by atoms with Gasteiger partial charge in [-0.25, -0.2) is 0 Å². The van der Waals surface area contributed by atoms with Crippen LogP contribution in [0.4, 0.5) is 0 Å². The van der Waals surface area contributed by atoms with Crippen LogP contribution in [0.3, 0.4) is 0 Å². The maximum absolute atomic E-state index is 12.9. The molecule has 0 spiro atoms. The monoisotopic (exact) mass is 435 g/mol. The third-order valence-electron chi connectivity index (χ3n) is 5.67. The van der Waals surface area contributed by atoms with E-state index < -0.39 is 0 Å². The van der Waals surface area contributed by atoms with Gasteiger partial charge in [-0.1, -0.05) is 49.4 Å². The Morgan fingerprint density at radius 1 is 1.10 bits per heavy atom. The maximum atomic E-state index is 12.9. The van der Waals surface area contributed by atoms with E-state index in [1.54, 1.807) is 6.20 Å². The molecule has 0 aliphatic carbocycles. The summed E-state index contributed by atoms with van der Waals surface area (Å²) in [6, 6.07) is 12.1. The third-order valence-corrected chi connectivity index (χ3v) is 6.58. The zero-order valence-corrected chi connectivity index (χ0v) is 19.4. The summed E-state index contributed by atoms with van der Waals surface area (Å²) in [4.78, 5) is 19.4. The lowest BCUT2D eigenvalue weighted by atomic mass is 9.92. The van der Waals surface area contributed by atoms with E-state index in [-0.39, 0.29) is 5.91 Å². The summed E-state index contributed by atoms with van der Waals surface area (Å²) in [6.07, 6.45) is 2.94. The number of pyridine rings is 1. The molecule has 3 heterocycles. The van der Waals surface area contributed by atoms with E-state index in [1.165, 1.54) is 23.7 Å². The Morgan fingerprint density at radius 2 is 1.87 bits per heavy atom. The van der Waals surface area contributed by atoms with Gasteiger partial charge in [-0.2, -0.15) is 0 Å². The smallest absolute Gasteiger partial charge is 0.233 e. The number of carbonyl (C=O) groups excluding carboxylic acids is 1. The molecule has 0 radical (unpaired) electrons. The van der Waals surface area contributed by atoms with Crippen LogP contribution in [0.15, 0.2) is 47.8 Å². The lowest BCUT2D eigenvalue weighted by Crippen LogP contribution is -2.43. The molecule has 1 aliphatic rings. The molecular formula is C24H29N5OS. The van der Waals surface area contributed by atoms with Crippen LogP contribution in [0, 0.1) is 25.7 Å². The number of rotatable bonds is 5. The molecule has 0 bridgehead atoms. The minimum atomic E-state index is 0.165. The molecule has 1 fully saturated rings. The van der Waals surface area contributed by atoms with Crippen molar-refractivity contribution in [2.45, 2.75) is 39.3 Å². The minimum absolute atomic E-state index is 0.165. The molecule has 31 heavy (non-hydrogen) atoms. The number of nitrogens with zero attached hydrogens (tertiary/aromatic N) is 5. The quantitative estimate of drug-likeness (QED) is 0.551. The highest BCUT2D eigenvalue weighted by atomic mass is 32.2. The van der Waals surface area contributed by atoms with E-state index >= 15 is 0 Å². The molecule has 4 rings (SSSR count). The van der Waals surface area contributed by atoms with Crippen molar-refractivity contribution in [3.05, 3.63) is 53.7 Å². The Bertz CT molecular complexity index is 1060. The van der Waals surface area contributed by atoms with Crippen molar-refractivity contribution in [1.29, 1.82) is 0 Å². The number of benzene rings is 1. The molecule has 7 heteroatoms. The van der Waals surface area contributed by atoms with Gasteiger partial charge in [0.1, 0.15) is 5.69 Å². The first-order chi connectivity index (χ1) is 14.9. The first-order valence-corrected chi connectivity index (χ1v) is 11.8. The van der Waals surface area contributed by atoms with Gasteiger partial charge in [0.15, 0.2) is 11.0 Å². The van der Waals surface area contributed by atoms with E-state index in [2.05, 4.69) is 61.1 Å². The minimum Gasteiger partial charge on any atom is -0.341 e. The van der Waals surface area contributed by atoms with Crippen LogP contribution in [-0.2, 0) is 4.79 Å². The van der Waals surface area contributed by atoms with E-state index in [9.17, 15) is 4.79 Å². The summed E-state index contributed by atoms with van der Waals surface area (Å²) in [5.74, 6) is 2.30. The van der Waals surface area contributed by atoms with E-state index in [0.717, 1.165) is 30.0 Å². The van der Waals surface area contributed by atoms with Crippen LogP contribution in [0.5, 0.6) is 0 Å². The van der Waals surface area contributed by atoms with Gasteiger partial charge in [0, 0.05) is 19.3 Å². The average molecular weight is 436 g/mol. The predicted molar refractivity (Wildman–Crippen MR) is 124 cm³/mol. The van der Waals surface area contributed by atoms with Gasteiger partial charge in [0.25, 0.3) is 0 Å². The van der Waals surface area contributed by atoms with Crippen LogP contribution >= 0.6 is 11.8 Å². The predicted octanol–water partition coefficient (Wildman–Crippen LogP) is 4.54. The second-order valence-corrected chi connectivity index (χ2v) is 9.62. The Hall–Kier alpha value is -2.67. The van der Waals surface area contributed by atoms with Gasteiger partial charge in [-0.05, 0) is 55.9 Å². The average Bonchev–Trinajstić information content (AvgIpc) is 3.15. The topological polar surface area (TPSA) is 63.9 Å². The van der Waals surface area contributed by atoms with Gasteiger partial charge >= 0.3 is 0 Å². The summed E-state index contributed by atoms with van der Waals surface area (Å²) < 4.78 is 2.02. The summed E-state index contributed by atoms with van der Waals surface area (Å²) >= 11 is 1.44. The molecule has 2 unspecified atom stereocenters. The SMILES string of the molecule is Cc1ccc(-n2c(SCC(=O)N3CC(C)CC(C)C3)nnc2-c2ccccn2)c(C)c1. The Labute approximate surface area is 188 Å². The highest BCUT2D eigenvalue weighted by Crippen LogP contribution is 2.30. The number of hydrogen-bond acceptors (Lipinski definition) is 5. The number of thioether (sulfide) groups is 1. The molecule has 1 aliphatic heterocycles. The molecule has 0 saturated carbocycles. The van der Waals surface area contributed by atoms with Crippen molar-refractivity contribution >= 4 is 17.7 Å². The van der Waals surface area contributed by atoms with Gasteiger partial charge in [0.05, 0.1) is 11.4 Å². The van der Waals surface area contributed by atoms with Crippen LogP contribution in [0.25, 0.3) is 17.2 Å². The summed E-state index contributed by atoms with van der Waals surface area (Å²) in [7, 11) is 0. The van der Waals surface area contributed by atoms with Gasteiger partial charge in [-0.3, -0.25) is 14.3 Å². The van der Waals surface area contributed by atoms with E-state index in [1.807, 2.05) is 27.7 Å². The summed E-state index contributed by atoms with van der Waals surface area (Å²) in [6.45, 7) is 10.3. The van der Waals surface area contributed by atoms with Crippen molar-refractivity contribution in [3.8, 4) is 17.2 Å². The van der Waals surface area contributed by atoms with E-state index in [0.29, 0.717) is 28.6 Å². The highest BCUT2D eigenvalue weighted by molar-refractivity contribution is 7.99. The molecule has 1 aromatic carbocycles. The lowest BCUT2D eigenvalue weighted by Gasteiger charge is -2.35. The van der Waals surface area contributed by atoms with Crippen molar-refractivity contribution in [2.75, 3.05) is 18.8 Å². The first-order valence-electron chi connectivity index (χ1n) is 10.8. The van der Waals surface area contributed by atoms with Gasteiger partial charge in [0.2, 0.25) is 5.91 Å². The molecular weight excluding hydrogens is 406 g/mol. The maximum Gasteiger partial charge on any atom is 0.233 e. The Balaban J connectivity index is 1.63. The normalized spacial score (nSPS) is 18.9.